The third-order valence-electron chi connectivity index (χ3n) is 3.35. The molecule has 2 nitrogen and oxygen atoms in total. The van der Waals surface area contributed by atoms with E-state index in [9.17, 15) is 4.39 Å². The highest BCUT2D eigenvalue weighted by molar-refractivity contribution is 9.10. The predicted octanol–water partition coefficient (Wildman–Crippen LogP) is 4.75. The highest BCUT2D eigenvalue weighted by atomic mass is 79.9. The summed E-state index contributed by atoms with van der Waals surface area (Å²) in [7, 11) is 3.44. The first-order valence-electron chi connectivity index (χ1n) is 6.49. The molecule has 1 unspecified atom stereocenters. The van der Waals surface area contributed by atoms with Crippen molar-refractivity contribution in [3.8, 4) is 5.75 Å². The molecule has 0 saturated heterocycles. The standard InChI is InChI=1S/C16H16BrClFNO/c1-20-15(13-5-4-12(18)9-14(13)19)8-10-7-11(17)3-6-16(10)21-2/h3-7,9,15,20H,8H2,1-2H3. The first kappa shape index (κ1) is 16.3. The van der Waals surface area contributed by atoms with Gasteiger partial charge in [-0.3, -0.25) is 0 Å². The minimum atomic E-state index is -0.309. The molecule has 0 heterocycles. The molecule has 1 N–H and O–H groups in total. The second-order valence-electron chi connectivity index (χ2n) is 4.67. The van der Waals surface area contributed by atoms with Gasteiger partial charge in [0, 0.05) is 21.1 Å². The third-order valence-corrected chi connectivity index (χ3v) is 4.08. The molecule has 1 atom stereocenters. The van der Waals surface area contributed by atoms with Crippen LogP contribution in [0.1, 0.15) is 17.2 Å². The van der Waals surface area contributed by atoms with Gasteiger partial charge in [0.1, 0.15) is 11.6 Å². The molecule has 0 spiro atoms. The van der Waals surface area contributed by atoms with Gasteiger partial charge >= 0.3 is 0 Å². The van der Waals surface area contributed by atoms with E-state index in [2.05, 4.69) is 21.2 Å². The summed E-state index contributed by atoms with van der Waals surface area (Å²) in [6.45, 7) is 0. The lowest BCUT2D eigenvalue weighted by molar-refractivity contribution is 0.405. The smallest absolute Gasteiger partial charge is 0.129 e. The van der Waals surface area contributed by atoms with Crippen LogP contribution in [0.3, 0.4) is 0 Å². The maximum atomic E-state index is 14.1. The lowest BCUT2D eigenvalue weighted by atomic mass is 9.98. The average Bonchev–Trinajstić information content (AvgIpc) is 2.45. The van der Waals surface area contributed by atoms with E-state index in [1.807, 2.05) is 25.2 Å². The second kappa shape index (κ2) is 7.25. The summed E-state index contributed by atoms with van der Waals surface area (Å²) in [6, 6.07) is 10.4. The van der Waals surface area contributed by atoms with Gasteiger partial charge in [-0.15, -0.1) is 0 Å². The van der Waals surface area contributed by atoms with Gasteiger partial charge < -0.3 is 10.1 Å². The fourth-order valence-corrected chi connectivity index (χ4v) is 2.85. The monoisotopic (exact) mass is 371 g/mol. The van der Waals surface area contributed by atoms with Crippen LogP contribution in [0, 0.1) is 5.82 Å². The maximum absolute atomic E-state index is 14.1. The summed E-state index contributed by atoms with van der Waals surface area (Å²) in [5.41, 5.74) is 1.59. The molecule has 0 bridgehead atoms. The molecule has 2 rings (SSSR count). The van der Waals surface area contributed by atoms with Crippen molar-refractivity contribution < 1.29 is 9.13 Å². The zero-order valence-corrected chi connectivity index (χ0v) is 14.1. The van der Waals surface area contributed by atoms with Gasteiger partial charge in [-0.1, -0.05) is 33.6 Å². The van der Waals surface area contributed by atoms with E-state index in [4.69, 9.17) is 16.3 Å². The molecule has 21 heavy (non-hydrogen) atoms. The Morgan fingerprint density at radius 3 is 2.67 bits per heavy atom. The molecule has 0 radical (unpaired) electrons. The summed E-state index contributed by atoms with van der Waals surface area (Å²) in [5, 5.41) is 3.54. The molecule has 2 aromatic rings. The molecule has 0 saturated carbocycles. The van der Waals surface area contributed by atoms with Crippen LogP contribution in [0.4, 0.5) is 4.39 Å². The summed E-state index contributed by atoms with van der Waals surface area (Å²) < 4.78 is 20.4. The molecule has 2 aromatic carbocycles. The van der Waals surface area contributed by atoms with Gasteiger partial charge in [0.25, 0.3) is 0 Å². The van der Waals surface area contributed by atoms with Crippen molar-refractivity contribution >= 4 is 27.5 Å². The number of nitrogens with one attached hydrogen (secondary N) is 1. The van der Waals surface area contributed by atoms with Crippen molar-refractivity contribution in [1.82, 2.24) is 5.32 Å². The summed E-state index contributed by atoms with van der Waals surface area (Å²) in [6.07, 6.45) is 0.609. The Labute approximate surface area is 137 Å². The Kier molecular flexibility index (Phi) is 5.62. The van der Waals surface area contributed by atoms with Crippen LogP contribution in [-0.4, -0.2) is 14.2 Å². The Morgan fingerprint density at radius 1 is 1.29 bits per heavy atom. The minimum absolute atomic E-state index is 0.162. The number of rotatable bonds is 5. The van der Waals surface area contributed by atoms with Gasteiger partial charge in [-0.05, 0) is 49.4 Å². The van der Waals surface area contributed by atoms with Crippen molar-refractivity contribution in [2.75, 3.05) is 14.2 Å². The topological polar surface area (TPSA) is 21.3 Å². The van der Waals surface area contributed by atoms with Crippen LogP contribution in [0.25, 0.3) is 0 Å². The number of methoxy groups -OCH3 is 1. The normalized spacial score (nSPS) is 12.2. The Morgan fingerprint density at radius 2 is 2.05 bits per heavy atom. The minimum Gasteiger partial charge on any atom is -0.496 e. The number of likely N-dealkylation sites (N-methyl/N-ethyl adjacent to an activating group) is 1. The Bertz CT molecular complexity index is 636. The molecule has 0 aliphatic heterocycles. The van der Waals surface area contributed by atoms with Gasteiger partial charge in [0.2, 0.25) is 0 Å². The zero-order valence-electron chi connectivity index (χ0n) is 11.8. The molecular formula is C16H16BrClFNO. The fraction of sp³-hybridized carbons (Fsp3) is 0.250. The van der Waals surface area contributed by atoms with Gasteiger partial charge in [0.05, 0.1) is 7.11 Å². The summed E-state index contributed by atoms with van der Waals surface area (Å²) in [5.74, 6) is 0.476. The molecular weight excluding hydrogens is 357 g/mol. The molecule has 0 aliphatic rings. The number of ether oxygens (including phenoxy) is 1. The molecule has 0 amide bonds. The van der Waals surface area contributed by atoms with Crippen LogP contribution in [0.5, 0.6) is 5.75 Å². The van der Waals surface area contributed by atoms with Gasteiger partial charge in [-0.25, -0.2) is 4.39 Å². The first-order valence-corrected chi connectivity index (χ1v) is 7.67. The average molecular weight is 373 g/mol. The van der Waals surface area contributed by atoms with E-state index in [-0.39, 0.29) is 11.9 Å². The quantitative estimate of drug-likeness (QED) is 0.817. The van der Waals surface area contributed by atoms with E-state index in [0.717, 1.165) is 15.8 Å². The second-order valence-corrected chi connectivity index (χ2v) is 6.02. The van der Waals surface area contributed by atoms with Crippen LogP contribution < -0.4 is 10.1 Å². The number of hydrogen-bond donors (Lipinski definition) is 1. The van der Waals surface area contributed by atoms with E-state index in [0.29, 0.717) is 17.0 Å². The fourth-order valence-electron chi connectivity index (χ4n) is 2.28. The molecule has 0 fully saturated rings. The van der Waals surface area contributed by atoms with Crippen molar-refractivity contribution in [2.24, 2.45) is 0 Å². The number of hydrogen-bond acceptors (Lipinski definition) is 2. The largest absolute Gasteiger partial charge is 0.496 e. The molecule has 0 aromatic heterocycles. The highest BCUT2D eigenvalue weighted by Gasteiger charge is 2.17. The lowest BCUT2D eigenvalue weighted by Crippen LogP contribution is -2.20. The highest BCUT2D eigenvalue weighted by Crippen LogP contribution is 2.29. The van der Waals surface area contributed by atoms with E-state index in [1.165, 1.54) is 6.07 Å². The van der Waals surface area contributed by atoms with Crippen LogP contribution in [0.2, 0.25) is 5.02 Å². The predicted molar refractivity (Wildman–Crippen MR) is 87.6 cm³/mol. The van der Waals surface area contributed by atoms with Crippen LogP contribution in [0.15, 0.2) is 40.9 Å². The Balaban J connectivity index is 2.33. The zero-order chi connectivity index (χ0) is 15.4. The number of halogens is 3. The number of benzene rings is 2. The molecule has 5 heteroatoms. The lowest BCUT2D eigenvalue weighted by Gasteiger charge is -2.19. The summed E-state index contributed by atoms with van der Waals surface area (Å²) in [4.78, 5) is 0. The van der Waals surface area contributed by atoms with Gasteiger partial charge in [-0.2, -0.15) is 0 Å². The van der Waals surface area contributed by atoms with Gasteiger partial charge in [0.15, 0.2) is 0 Å². The van der Waals surface area contributed by atoms with E-state index in [1.54, 1.807) is 19.2 Å². The molecule has 0 aliphatic carbocycles. The SMILES string of the molecule is CNC(Cc1cc(Br)ccc1OC)c1ccc(Cl)cc1F. The van der Waals surface area contributed by atoms with Crippen LogP contribution in [-0.2, 0) is 6.42 Å². The van der Waals surface area contributed by atoms with E-state index < -0.39 is 0 Å². The van der Waals surface area contributed by atoms with Crippen molar-refractivity contribution in [2.45, 2.75) is 12.5 Å². The van der Waals surface area contributed by atoms with Crippen molar-refractivity contribution in [1.29, 1.82) is 0 Å². The van der Waals surface area contributed by atoms with E-state index >= 15 is 0 Å². The van der Waals surface area contributed by atoms with Crippen LogP contribution >= 0.6 is 27.5 Å². The Hall–Kier alpha value is -1.10. The maximum Gasteiger partial charge on any atom is 0.129 e. The summed E-state index contributed by atoms with van der Waals surface area (Å²) >= 11 is 9.26. The van der Waals surface area contributed by atoms with Crippen molar-refractivity contribution in [3.05, 3.63) is 62.8 Å². The molecule has 112 valence electrons. The van der Waals surface area contributed by atoms with Crippen molar-refractivity contribution in [3.63, 3.8) is 0 Å². The third kappa shape index (κ3) is 3.96. The first-order chi connectivity index (χ1) is 10.0.